The van der Waals surface area contributed by atoms with Gasteiger partial charge in [0.2, 0.25) is 5.91 Å². The highest BCUT2D eigenvalue weighted by molar-refractivity contribution is 6.09. The number of carbonyl (C=O) groups excluding carboxylic acids is 2. The monoisotopic (exact) mass is 380 g/mol. The van der Waals surface area contributed by atoms with Gasteiger partial charge in [-0.1, -0.05) is 31.1 Å². The topological polar surface area (TPSA) is 120 Å². The van der Waals surface area contributed by atoms with Crippen LogP contribution in [-0.2, 0) is 0 Å². The number of methoxy groups -OCH3 is 1. The molecule has 0 atom stereocenters. The lowest BCUT2D eigenvalue weighted by Gasteiger charge is -2.12. The van der Waals surface area contributed by atoms with Crippen LogP contribution >= 0.6 is 0 Å². The molecule has 0 bridgehead atoms. The van der Waals surface area contributed by atoms with Gasteiger partial charge in [0.1, 0.15) is 5.75 Å². The van der Waals surface area contributed by atoms with Crippen LogP contribution in [-0.4, -0.2) is 29.1 Å². The first kappa shape index (κ1) is 19.1. The first-order valence-electron chi connectivity index (χ1n) is 8.63. The highest BCUT2D eigenvalue weighted by Gasteiger charge is 2.20. The summed E-state index contributed by atoms with van der Waals surface area (Å²) in [6, 6.07) is 11.4. The number of rotatable bonds is 6. The van der Waals surface area contributed by atoms with Gasteiger partial charge < -0.3 is 20.3 Å². The molecule has 0 unspecified atom stereocenters. The molecule has 1 aromatic heterocycles. The summed E-state index contributed by atoms with van der Waals surface area (Å²) in [5.74, 6) is 0.286. The first-order chi connectivity index (χ1) is 13.4. The van der Waals surface area contributed by atoms with E-state index in [0.29, 0.717) is 28.4 Å². The Labute approximate surface area is 161 Å². The van der Waals surface area contributed by atoms with E-state index in [1.807, 2.05) is 13.8 Å². The standard InChI is InChI=1S/C20H20N4O4/c1-11(2)18-23-20(28-24-18)14-7-5-4-6-13(14)19(26)22-15-10-12(17(21)25)8-9-16(15)27-3/h4-11H,1-3H3,(H2,21,25)(H,22,26). The fraction of sp³-hybridized carbons (Fsp3) is 0.200. The van der Waals surface area contributed by atoms with Crippen LogP contribution in [0.4, 0.5) is 5.69 Å². The van der Waals surface area contributed by atoms with Crippen molar-refractivity contribution in [1.29, 1.82) is 0 Å². The maximum Gasteiger partial charge on any atom is 0.258 e. The second-order valence-corrected chi connectivity index (χ2v) is 6.39. The zero-order valence-corrected chi connectivity index (χ0v) is 15.7. The van der Waals surface area contributed by atoms with Crippen LogP contribution in [0.15, 0.2) is 47.0 Å². The van der Waals surface area contributed by atoms with Crippen LogP contribution in [0.5, 0.6) is 5.75 Å². The molecule has 3 aromatic rings. The summed E-state index contributed by atoms with van der Waals surface area (Å²) >= 11 is 0. The van der Waals surface area contributed by atoms with E-state index in [1.54, 1.807) is 30.3 Å². The van der Waals surface area contributed by atoms with E-state index in [9.17, 15) is 9.59 Å². The Kier molecular flexibility index (Phi) is 5.39. The minimum atomic E-state index is -0.606. The van der Waals surface area contributed by atoms with Gasteiger partial charge in [0.15, 0.2) is 5.82 Å². The maximum absolute atomic E-state index is 12.9. The van der Waals surface area contributed by atoms with Gasteiger partial charge >= 0.3 is 0 Å². The van der Waals surface area contributed by atoms with Crippen molar-refractivity contribution in [2.75, 3.05) is 12.4 Å². The van der Waals surface area contributed by atoms with Gasteiger partial charge in [0.25, 0.3) is 11.8 Å². The fourth-order valence-corrected chi connectivity index (χ4v) is 2.59. The summed E-state index contributed by atoms with van der Waals surface area (Å²) in [6.45, 7) is 3.90. The summed E-state index contributed by atoms with van der Waals surface area (Å²) in [5, 5.41) is 6.70. The smallest absolute Gasteiger partial charge is 0.258 e. The number of benzene rings is 2. The highest BCUT2D eigenvalue weighted by Crippen LogP contribution is 2.28. The third-order valence-electron chi connectivity index (χ3n) is 4.09. The number of carbonyl (C=O) groups is 2. The normalized spacial score (nSPS) is 10.7. The minimum absolute atomic E-state index is 0.0966. The molecule has 0 radical (unpaired) electrons. The van der Waals surface area contributed by atoms with E-state index in [2.05, 4.69) is 15.5 Å². The van der Waals surface area contributed by atoms with Gasteiger partial charge in [-0.25, -0.2) is 0 Å². The molecule has 0 spiro atoms. The number of nitrogens with one attached hydrogen (secondary N) is 1. The van der Waals surface area contributed by atoms with Crippen molar-refractivity contribution >= 4 is 17.5 Å². The maximum atomic E-state index is 12.9. The van der Waals surface area contributed by atoms with Gasteiger partial charge in [-0.05, 0) is 30.3 Å². The molecule has 144 valence electrons. The van der Waals surface area contributed by atoms with Crippen LogP contribution in [0, 0.1) is 0 Å². The molecular formula is C20H20N4O4. The van der Waals surface area contributed by atoms with Crippen LogP contribution in [0.3, 0.4) is 0 Å². The molecule has 1 heterocycles. The van der Waals surface area contributed by atoms with Crippen molar-refractivity contribution in [3.63, 3.8) is 0 Å². The van der Waals surface area contributed by atoms with Crippen molar-refractivity contribution in [1.82, 2.24) is 10.1 Å². The van der Waals surface area contributed by atoms with Crippen molar-refractivity contribution in [2.24, 2.45) is 5.73 Å². The molecule has 3 rings (SSSR count). The Bertz CT molecular complexity index is 1030. The summed E-state index contributed by atoms with van der Waals surface area (Å²) in [6.07, 6.45) is 0. The molecule has 2 aromatic carbocycles. The number of hydrogen-bond acceptors (Lipinski definition) is 6. The number of primary amides is 1. The van der Waals surface area contributed by atoms with Crippen LogP contribution in [0.25, 0.3) is 11.5 Å². The average Bonchev–Trinajstić information content (AvgIpc) is 3.18. The zero-order valence-electron chi connectivity index (χ0n) is 15.7. The molecule has 0 saturated heterocycles. The number of aromatic nitrogens is 2. The fourth-order valence-electron chi connectivity index (χ4n) is 2.59. The van der Waals surface area contributed by atoms with E-state index >= 15 is 0 Å². The van der Waals surface area contributed by atoms with Crippen LogP contribution < -0.4 is 15.8 Å². The van der Waals surface area contributed by atoms with Gasteiger partial charge in [0.05, 0.1) is 23.9 Å². The molecule has 28 heavy (non-hydrogen) atoms. The molecule has 0 saturated carbocycles. The molecule has 8 nitrogen and oxygen atoms in total. The Balaban J connectivity index is 1.96. The van der Waals surface area contributed by atoms with Crippen molar-refractivity contribution in [2.45, 2.75) is 19.8 Å². The molecule has 0 aliphatic heterocycles. The van der Waals surface area contributed by atoms with E-state index in [0.717, 1.165) is 0 Å². The SMILES string of the molecule is COc1ccc(C(N)=O)cc1NC(=O)c1ccccc1-c1nc(C(C)C)no1. The Morgan fingerprint density at radius 3 is 2.57 bits per heavy atom. The summed E-state index contributed by atoms with van der Waals surface area (Å²) < 4.78 is 10.6. The van der Waals surface area contributed by atoms with Crippen molar-refractivity contribution in [3.05, 3.63) is 59.4 Å². The average molecular weight is 380 g/mol. The Morgan fingerprint density at radius 1 is 1.18 bits per heavy atom. The molecule has 0 aliphatic rings. The van der Waals surface area contributed by atoms with Gasteiger partial charge in [-0.2, -0.15) is 4.98 Å². The Hall–Kier alpha value is -3.68. The molecule has 2 amide bonds. The second-order valence-electron chi connectivity index (χ2n) is 6.39. The van der Waals surface area contributed by atoms with E-state index in [-0.39, 0.29) is 17.4 Å². The predicted molar refractivity (Wildman–Crippen MR) is 103 cm³/mol. The van der Waals surface area contributed by atoms with Crippen molar-refractivity contribution < 1.29 is 18.8 Å². The minimum Gasteiger partial charge on any atom is -0.495 e. The largest absolute Gasteiger partial charge is 0.495 e. The van der Waals surface area contributed by atoms with Gasteiger partial charge in [-0.3, -0.25) is 9.59 Å². The number of anilines is 1. The number of nitrogens with two attached hydrogens (primary N) is 1. The first-order valence-corrected chi connectivity index (χ1v) is 8.63. The highest BCUT2D eigenvalue weighted by atomic mass is 16.5. The number of hydrogen-bond donors (Lipinski definition) is 2. The third kappa shape index (κ3) is 3.85. The van der Waals surface area contributed by atoms with Crippen molar-refractivity contribution in [3.8, 4) is 17.2 Å². The molecule has 0 aliphatic carbocycles. The zero-order chi connectivity index (χ0) is 20.3. The number of nitrogens with zero attached hydrogens (tertiary/aromatic N) is 2. The van der Waals surface area contributed by atoms with E-state index < -0.39 is 11.8 Å². The lowest BCUT2D eigenvalue weighted by Crippen LogP contribution is -2.16. The van der Waals surface area contributed by atoms with Crippen LogP contribution in [0.1, 0.15) is 46.3 Å². The number of ether oxygens (including phenoxy) is 1. The lowest BCUT2D eigenvalue weighted by atomic mass is 10.1. The molecule has 3 N–H and O–H groups in total. The summed E-state index contributed by atoms with van der Waals surface area (Å²) in [5.41, 5.74) is 6.75. The van der Waals surface area contributed by atoms with Gasteiger partial charge in [-0.15, -0.1) is 0 Å². The predicted octanol–water partition coefficient (Wildman–Crippen LogP) is 3.22. The molecule has 8 heteroatoms. The Morgan fingerprint density at radius 2 is 1.93 bits per heavy atom. The number of amides is 2. The quantitative estimate of drug-likeness (QED) is 0.677. The van der Waals surface area contributed by atoms with Gasteiger partial charge in [0, 0.05) is 11.5 Å². The molecule has 0 fully saturated rings. The van der Waals surface area contributed by atoms with E-state index in [4.69, 9.17) is 15.0 Å². The van der Waals surface area contributed by atoms with E-state index in [1.165, 1.54) is 19.2 Å². The third-order valence-corrected chi connectivity index (χ3v) is 4.09. The summed E-state index contributed by atoms with van der Waals surface area (Å²) in [4.78, 5) is 28.7. The second kappa shape index (κ2) is 7.91. The summed E-state index contributed by atoms with van der Waals surface area (Å²) in [7, 11) is 1.47. The lowest BCUT2D eigenvalue weighted by molar-refractivity contribution is 0.0996. The molecular weight excluding hydrogens is 360 g/mol. The van der Waals surface area contributed by atoms with Crippen LogP contribution in [0.2, 0.25) is 0 Å².